The Bertz CT molecular complexity index is 826. The van der Waals surface area contributed by atoms with Gasteiger partial charge in [-0.1, -0.05) is 84.4 Å². The predicted octanol–water partition coefficient (Wildman–Crippen LogP) is 7.99. The van der Waals surface area contributed by atoms with Gasteiger partial charge in [0.25, 0.3) is 0 Å². The Morgan fingerprint density at radius 3 is 1.62 bits per heavy atom. The van der Waals surface area contributed by atoms with E-state index in [1.807, 2.05) is 0 Å². The molecule has 3 aromatic rings. The Kier molecular flexibility index (Phi) is 5.19. The van der Waals surface area contributed by atoms with E-state index in [1.54, 1.807) is 0 Å². The summed E-state index contributed by atoms with van der Waals surface area (Å²) >= 11 is 0. The van der Waals surface area contributed by atoms with E-state index in [1.165, 1.54) is 47.5 Å². The van der Waals surface area contributed by atoms with Crippen LogP contribution >= 0.6 is 0 Å². The third-order valence-corrected chi connectivity index (χ3v) is 7.05. The molecule has 1 nitrogen and oxygen atoms in total. The molecule has 0 radical (unpaired) electrons. The zero-order valence-electron chi connectivity index (χ0n) is 17.5. The maximum Gasteiger partial charge on any atom is 0.0494 e. The second-order valence-electron chi connectivity index (χ2n) is 9.00. The van der Waals surface area contributed by atoms with Gasteiger partial charge in [0.2, 0.25) is 0 Å². The molecule has 1 unspecified atom stereocenters. The van der Waals surface area contributed by atoms with Gasteiger partial charge in [-0.05, 0) is 42.2 Å². The minimum Gasteiger partial charge on any atom is -0.337 e. The number of para-hydroxylation sites is 2. The molecule has 1 aromatic heterocycles. The fourth-order valence-corrected chi connectivity index (χ4v) is 4.33. The molecule has 0 aliphatic rings. The lowest BCUT2D eigenvalue weighted by atomic mass is 9.70. The highest BCUT2D eigenvalue weighted by Gasteiger charge is 2.37. The van der Waals surface area contributed by atoms with Crippen LogP contribution in [0.15, 0.2) is 48.5 Å². The molecule has 0 spiro atoms. The van der Waals surface area contributed by atoms with Gasteiger partial charge in [0, 0.05) is 27.8 Å². The molecular formula is C25H35N. The maximum absolute atomic E-state index is 2.68. The van der Waals surface area contributed by atoms with Gasteiger partial charge < -0.3 is 4.57 Å². The number of nitrogens with zero attached hydrogens (tertiary/aromatic N) is 1. The molecular weight excluding hydrogens is 314 g/mol. The first-order chi connectivity index (χ1) is 12.4. The average Bonchev–Trinajstić information content (AvgIpc) is 3.00. The molecule has 0 bridgehead atoms. The molecule has 3 rings (SSSR count). The van der Waals surface area contributed by atoms with E-state index in [4.69, 9.17) is 0 Å². The van der Waals surface area contributed by atoms with Crippen LogP contribution in [0.25, 0.3) is 21.8 Å². The van der Waals surface area contributed by atoms with Crippen molar-refractivity contribution in [3.63, 3.8) is 0 Å². The topological polar surface area (TPSA) is 4.93 Å². The van der Waals surface area contributed by atoms with Crippen LogP contribution < -0.4 is 0 Å². The average molecular weight is 350 g/mol. The van der Waals surface area contributed by atoms with Gasteiger partial charge >= 0.3 is 0 Å². The van der Waals surface area contributed by atoms with Gasteiger partial charge in [-0.2, -0.15) is 0 Å². The van der Waals surface area contributed by atoms with Crippen LogP contribution in [-0.4, -0.2) is 4.57 Å². The minimum absolute atomic E-state index is 0.289. The van der Waals surface area contributed by atoms with Crippen molar-refractivity contribution in [3.8, 4) is 0 Å². The number of benzene rings is 2. The van der Waals surface area contributed by atoms with Crippen LogP contribution in [0.1, 0.15) is 73.3 Å². The highest BCUT2D eigenvalue weighted by Crippen LogP contribution is 2.48. The molecule has 1 heterocycles. The molecule has 26 heavy (non-hydrogen) atoms. The molecule has 0 fully saturated rings. The highest BCUT2D eigenvalue weighted by atomic mass is 15.0. The van der Waals surface area contributed by atoms with Crippen molar-refractivity contribution < 1.29 is 0 Å². The number of aromatic nitrogens is 1. The number of fused-ring (bicyclic) bond motifs is 3. The first-order valence-corrected chi connectivity index (χ1v) is 10.3. The summed E-state index contributed by atoms with van der Waals surface area (Å²) in [5.41, 5.74) is 3.40. The Labute approximate surface area is 159 Å². The molecule has 1 atom stereocenters. The van der Waals surface area contributed by atoms with Gasteiger partial charge in [0.15, 0.2) is 0 Å². The normalized spacial score (nSPS) is 14.2. The van der Waals surface area contributed by atoms with Gasteiger partial charge in [-0.3, -0.25) is 0 Å². The van der Waals surface area contributed by atoms with Crippen LogP contribution in [-0.2, 0) is 0 Å². The second kappa shape index (κ2) is 7.10. The molecule has 0 amide bonds. The third-order valence-electron chi connectivity index (χ3n) is 7.05. The van der Waals surface area contributed by atoms with E-state index < -0.39 is 0 Å². The fourth-order valence-electron chi connectivity index (χ4n) is 4.33. The van der Waals surface area contributed by atoms with Crippen molar-refractivity contribution in [2.45, 2.75) is 73.3 Å². The molecule has 0 saturated heterocycles. The molecule has 0 saturated carbocycles. The van der Waals surface area contributed by atoms with E-state index in [9.17, 15) is 0 Å². The summed E-state index contributed by atoms with van der Waals surface area (Å²) in [7, 11) is 0. The molecule has 140 valence electrons. The lowest BCUT2D eigenvalue weighted by Crippen LogP contribution is -2.33. The molecule has 1 heteroatoms. The summed E-state index contributed by atoms with van der Waals surface area (Å²) < 4.78 is 2.68. The predicted molar refractivity (Wildman–Crippen MR) is 116 cm³/mol. The molecule has 0 aliphatic carbocycles. The zero-order valence-corrected chi connectivity index (χ0v) is 17.5. The summed E-state index contributed by atoms with van der Waals surface area (Å²) in [5, 5.41) is 2.77. The summed E-state index contributed by atoms with van der Waals surface area (Å²) in [6.07, 6.45) is 4.83. The Balaban J connectivity index is 2.32. The van der Waals surface area contributed by atoms with E-state index in [2.05, 4.69) is 94.6 Å². The fraction of sp³-hybridized carbons (Fsp3) is 0.520. The standard InChI is InChI=1S/C25H35N/c1-7-24(4,5)18-23(25(6,8-2)9-3)26-21-16-12-10-14-19(21)20-15-11-13-17-22(20)26/h10-17,23H,7-9,18H2,1-6H3. The molecule has 2 aromatic carbocycles. The second-order valence-corrected chi connectivity index (χ2v) is 9.00. The quantitative estimate of drug-likeness (QED) is 0.407. The Morgan fingerprint density at radius 2 is 1.19 bits per heavy atom. The third kappa shape index (κ3) is 3.17. The summed E-state index contributed by atoms with van der Waals surface area (Å²) in [6, 6.07) is 18.4. The monoisotopic (exact) mass is 349 g/mol. The molecule has 0 N–H and O–H groups in total. The van der Waals surface area contributed by atoms with Crippen LogP contribution in [0, 0.1) is 10.8 Å². The van der Waals surface area contributed by atoms with Crippen LogP contribution in [0.5, 0.6) is 0 Å². The van der Waals surface area contributed by atoms with E-state index in [0.717, 1.165) is 0 Å². The Morgan fingerprint density at radius 1 is 0.731 bits per heavy atom. The van der Waals surface area contributed by atoms with E-state index in [0.29, 0.717) is 11.5 Å². The van der Waals surface area contributed by atoms with Gasteiger partial charge in [0.1, 0.15) is 0 Å². The highest BCUT2D eigenvalue weighted by molar-refractivity contribution is 6.08. The van der Waals surface area contributed by atoms with Crippen molar-refractivity contribution in [2.24, 2.45) is 10.8 Å². The van der Waals surface area contributed by atoms with E-state index >= 15 is 0 Å². The number of rotatable bonds is 7. The van der Waals surface area contributed by atoms with Crippen molar-refractivity contribution in [3.05, 3.63) is 48.5 Å². The van der Waals surface area contributed by atoms with Crippen LogP contribution in [0.4, 0.5) is 0 Å². The zero-order chi connectivity index (χ0) is 18.9. The summed E-state index contributed by atoms with van der Waals surface area (Å²) in [4.78, 5) is 0. The van der Waals surface area contributed by atoms with Crippen LogP contribution in [0.2, 0.25) is 0 Å². The lowest BCUT2D eigenvalue weighted by molar-refractivity contribution is 0.121. The SMILES string of the molecule is CCC(C)(C)CC(n1c2ccccc2c2ccccc21)C(C)(CC)CC. The van der Waals surface area contributed by atoms with Crippen molar-refractivity contribution in [1.82, 2.24) is 4.57 Å². The van der Waals surface area contributed by atoms with Crippen molar-refractivity contribution in [1.29, 1.82) is 0 Å². The largest absolute Gasteiger partial charge is 0.337 e. The van der Waals surface area contributed by atoms with Gasteiger partial charge in [0.05, 0.1) is 0 Å². The number of hydrogen-bond donors (Lipinski definition) is 0. The number of hydrogen-bond acceptors (Lipinski definition) is 0. The lowest BCUT2D eigenvalue weighted by Gasteiger charge is -2.42. The maximum atomic E-state index is 2.68. The summed E-state index contributed by atoms with van der Waals surface area (Å²) in [5.74, 6) is 0. The minimum atomic E-state index is 0.289. The van der Waals surface area contributed by atoms with Crippen molar-refractivity contribution in [2.75, 3.05) is 0 Å². The first-order valence-electron chi connectivity index (χ1n) is 10.3. The summed E-state index contributed by atoms with van der Waals surface area (Å²) in [6.45, 7) is 14.4. The van der Waals surface area contributed by atoms with Crippen LogP contribution in [0.3, 0.4) is 0 Å². The van der Waals surface area contributed by atoms with Gasteiger partial charge in [-0.15, -0.1) is 0 Å². The smallest absolute Gasteiger partial charge is 0.0494 e. The van der Waals surface area contributed by atoms with E-state index in [-0.39, 0.29) is 5.41 Å². The first kappa shape index (κ1) is 19.0. The van der Waals surface area contributed by atoms with Crippen molar-refractivity contribution >= 4 is 21.8 Å². The van der Waals surface area contributed by atoms with Gasteiger partial charge in [-0.25, -0.2) is 0 Å². The Hall–Kier alpha value is -1.76. The molecule has 0 aliphatic heterocycles.